The van der Waals surface area contributed by atoms with Crippen LogP contribution in [0.5, 0.6) is 11.5 Å². The molecule has 21 heavy (non-hydrogen) atoms. The van der Waals surface area contributed by atoms with Crippen molar-refractivity contribution >= 4 is 23.2 Å². The molecule has 2 aliphatic heterocycles. The Morgan fingerprint density at radius 3 is 2.57 bits per heavy atom. The van der Waals surface area contributed by atoms with Gasteiger partial charge in [0.2, 0.25) is 0 Å². The number of rotatable bonds is 4. The van der Waals surface area contributed by atoms with Gasteiger partial charge in [0.1, 0.15) is 0 Å². The molecule has 1 aromatic carbocycles. The fourth-order valence-corrected chi connectivity index (χ4v) is 1.94. The van der Waals surface area contributed by atoms with Gasteiger partial charge >= 0.3 is 6.29 Å². The van der Waals surface area contributed by atoms with Crippen LogP contribution in [-0.4, -0.2) is 42.0 Å². The van der Waals surface area contributed by atoms with Crippen LogP contribution >= 0.6 is 23.2 Å². The molecule has 2 aliphatic rings. The standard InChI is InChI=1S/C10H9ClF2O3.C3H5ClO/c11-5-7(14)4-6-2-1-3-8-9(6)16-10(12,13)15-8;4-1-3-2-5-3/h1-3,7,14H,4-5H2;3H,1-2H2/t7-;3-/m10/s1. The molecule has 0 radical (unpaired) electrons. The van der Waals surface area contributed by atoms with Gasteiger partial charge in [-0.2, -0.15) is 0 Å². The Kier molecular flexibility index (Phi) is 5.48. The first-order valence-corrected chi connectivity index (χ1v) is 7.31. The zero-order valence-electron chi connectivity index (χ0n) is 10.9. The molecule has 0 spiro atoms. The lowest BCUT2D eigenvalue weighted by atomic mass is 10.1. The van der Waals surface area contributed by atoms with Crippen molar-refractivity contribution in [3.63, 3.8) is 0 Å². The second kappa shape index (κ2) is 6.96. The number of halogens is 4. The summed E-state index contributed by atoms with van der Waals surface area (Å²) in [7, 11) is 0. The van der Waals surface area contributed by atoms with Gasteiger partial charge in [0, 0.05) is 17.9 Å². The first kappa shape index (κ1) is 16.5. The maximum absolute atomic E-state index is 12.8. The summed E-state index contributed by atoms with van der Waals surface area (Å²) in [6.45, 7) is 0.878. The van der Waals surface area contributed by atoms with E-state index in [1.807, 2.05) is 0 Å². The summed E-state index contributed by atoms with van der Waals surface area (Å²) in [5.74, 6) is 0.641. The van der Waals surface area contributed by atoms with Gasteiger partial charge in [-0.25, -0.2) is 0 Å². The highest BCUT2D eigenvalue weighted by Gasteiger charge is 2.44. The van der Waals surface area contributed by atoms with Crippen molar-refractivity contribution in [1.82, 2.24) is 0 Å². The third-order valence-corrected chi connectivity index (χ3v) is 3.42. The molecule has 1 fully saturated rings. The second-order valence-corrected chi connectivity index (χ2v) is 5.15. The first-order valence-electron chi connectivity index (χ1n) is 6.24. The van der Waals surface area contributed by atoms with Crippen LogP contribution < -0.4 is 9.47 Å². The minimum Gasteiger partial charge on any atom is -0.395 e. The van der Waals surface area contributed by atoms with Crippen molar-refractivity contribution in [2.45, 2.75) is 24.9 Å². The lowest BCUT2D eigenvalue weighted by Crippen LogP contribution is -2.26. The molecule has 0 aromatic heterocycles. The molecule has 2 heterocycles. The van der Waals surface area contributed by atoms with E-state index < -0.39 is 12.4 Å². The van der Waals surface area contributed by atoms with E-state index in [9.17, 15) is 13.9 Å². The molecule has 0 amide bonds. The third-order valence-electron chi connectivity index (χ3n) is 2.72. The summed E-state index contributed by atoms with van der Waals surface area (Å²) in [4.78, 5) is 0. The number of benzene rings is 1. The van der Waals surface area contributed by atoms with Crippen LogP contribution in [0.15, 0.2) is 18.2 Å². The Morgan fingerprint density at radius 2 is 2.05 bits per heavy atom. The topological polar surface area (TPSA) is 51.2 Å². The highest BCUT2D eigenvalue weighted by atomic mass is 35.5. The van der Waals surface area contributed by atoms with Crippen LogP contribution in [0.3, 0.4) is 0 Å². The third kappa shape index (κ3) is 4.85. The Labute approximate surface area is 130 Å². The number of alkyl halides is 4. The normalized spacial score (nSPS) is 22.2. The lowest BCUT2D eigenvalue weighted by Gasteiger charge is -2.09. The van der Waals surface area contributed by atoms with Crippen molar-refractivity contribution in [3.8, 4) is 11.5 Å². The van der Waals surface area contributed by atoms with Crippen molar-refractivity contribution in [1.29, 1.82) is 0 Å². The zero-order valence-corrected chi connectivity index (χ0v) is 12.4. The predicted molar refractivity (Wildman–Crippen MR) is 73.5 cm³/mol. The highest BCUT2D eigenvalue weighted by Crippen LogP contribution is 2.43. The molecule has 1 saturated heterocycles. The van der Waals surface area contributed by atoms with E-state index in [2.05, 4.69) is 9.47 Å². The van der Waals surface area contributed by atoms with E-state index in [1.54, 1.807) is 12.1 Å². The SMILES string of the molecule is ClC[C@H]1CO1.O[C@@H](CCl)Cc1cccc2c1OC(F)(F)O2. The van der Waals surface area contributed by atoms with E-state index in [1.165, 1.54) is 6.07 Å². The van der Waals surface area contributed by atoms with Crippen molar-refractivity contribution in [2.24, 2.45) is 0 Å². The first-order chi connectivity index (χ1) is 9.95. The van der Waals surface area contributed by atoms with Crippen molar-refractivity contribution in [2.75, 3.05) is 18.4 Å². The minimum absolute atomic E-state index is 0.0238. The van der Waals surface area contributed by atoms with Gasteiger partial charge < -0.3 is 19.3 Å². The van der Waals surface area contributed by atoms with E-state index >= 15 is 0 Å². The quantitative estimate of drug-likeness (QED) is 0.675. The summed E-state index contributed by atoms with van der Waals surface area (Å²) in [6, 6.07) is 4.52. The zero-order chi connectivity index (χ0) is 15.5. The van der Waals surface area contributed by atoms with Gasteiger partial charge in [-0.1, -0.05) is 12.1 Å². The molecule has 3 rings (SSSR count). The summed E-state index contributed by atoms with van der Waals surface area (Å²) >= 11 is 10.7. The van der Waals surface area contributed by atoms with Gasteiger partial charge in [-0.3, -0.25) is 0 Å². The number of para-hydroxylation sites is 1. The molecule has 4 nitrogen and oxygen atoms in total. The van der Waals surface area contributed by atoms with Crippen molar-refractivity contribution < 1.29 is 28.1 Å². The fourth-order valence-electron chi connectivity index (χ4n) is 1.65. The molecular weight excluding hydrogens is 329 g/mol. The average molecular weight is 343 g/mol. The highest BCUT2D eigenvalue weighted by molar-refractivity contribution is 6.18. The maximum Gasteiger partial charge on any atom is 0.586 e. The van der Waals surface area contributed by atoms with Crippen LogP contribution in [0.4, 0.5) is 8.78 Å². The van der Waals surface area contributed by atoms with Gasteiger partial charge in [0.15, 0.2) is 11.5 Å². The molecule has 8 heteroatoms. The van der Waals surface area contributed by atoms with Crippen LogP contribution in [0.25, 0.3) is 0 Å². The van der Waals surface area contributed by atoms with E-state index in [4.69, 9.17) is 27.9 Å². The minimum atomic E-state index is -3.63. The maximum atomic E-state index is 12.8. The second-order valence-electron chi connectivity index (χ2n) is 4.53. The van der Waals surface area contributed by atoms with Crippen LogP contribution in [0.2, 0.25) is 0 Å². The summed E-state index contributed by atoms with van der Waals surface area (Å²) in [5, 5.41) is 9.36. The molecule has 2 atom stereocenters. The summed E-state index contributed by atoms with van der Waals surface area (Å²) < 4.78 is 39.0. The number of hydrogen-bond acceptors (Lipinski definition) is 4. The Hall–Kier alpha value is -0.820. The summed E-state index contributed by atoms with van der Waals surface area (Å²) in [6.07, 6.45) is -3.89. The molecule has 0 bridgehead atoms. The molecule has 0 saturated carbocycles. The fraction of sp³-hybridized carbons (Fsp3) is 0.538. The van der Waals surface area contributed by atoms with Crippen LogP contribution in [-0.2, 0) is 11.2 Å². The number of ether oxygens (including phenoxy) is 3. The van der Waals surface area contributed by atoms with Gasteiger partial charge in [-0.05, 0) is 6.07 Å². The average Bonchev–Trinajstić information content (AvgIpc) is 3.21. The Balaban J connectivity index is 0.000000272. The van der Waals surface area contributed by atoms with E-state index in [0.29, 0.717) is 17.5 Å². The number of aliphatic hydroxyl groups is 1. The number of hydrogen-bond donors (Lipinski definition) is 1. The lowest BCUT2D eigenvalue weighted by molar-refractivity contribution is -0.287. The van der Waals surface area contributed by atoms with E-state index in [0.717, 1.165) is 6.61 Å². The van der Waals surface area contributed by atoms with E-state index in [-0.39, 0.29) is 23.8 Å². The van der Waals surface area contributed by atoms with Gasteiger partial charge in [0.05, 0.1) is 24.7 Å². The molecular formula is C13H14Cl2F2O4. The molecule has 1 aromatic rings. The Morgan fingerprint density at radius 1 is 1.33 bits per heavy atom. The molecule has 118 valence electrons. The summed E-state index contributed by atoms with van der Waals surface area (Å²) in [5.41, 5.74) is 0.447. The molecule has 0 unspecified atom stereocenters. The Bertz CT molecular complexity index is 483. The number of fused-ring (bicyclic) bond motifs is 1. The predicted octanol–water partition coefficient (Wildman–Crippen LogP) is 2.77. The largest absolute Gasteiger partial charge is 0.586 e. The molecule has 1 N–H and O–H groups in total. The smallest absolute Gasteiger partial charge is 0.395 e. The number of aliphatic hydroxyl groups excluding tert-OH is 1. The molecule has 0 aliphatic carbocycles. The van der Waals surface area contributed by atoms with Gasteiger partial charge in [0.25, 0.3) is 0 Å². The van der Waals surface area contributed by atoms with Crippen LogP contribution in [0.1, 0.15) is 5.56 Å². The van der Waals surface area contributed by atoms with Gasteiger partial charge in [-0.15, -0.1) is 32.0 Å². The van der Waals surface area contributed by atoms with Crippen molar-refractivity contribution in [3.05, 3.63) is 23.8 Å². The number of epoxide rings is 1. The van der Waals surface area contributed by atoms with Crippen LogP contribution in [0, 0.1) is 0 Å². The monoisotopic (exact) mass is 342 g/mol.